The Morgan fingerprint density at radius 3 is 3.12 bits per heavy atom. The second-order valence-electron chi connectivity index (χ2n) is 5.83. The van der Waals surface area contributed by atoms with Gasteiger partial charge in [0, 0.05) is 38.9 Å². The monoisotopic (exact) mass is 379 g/mol. The number of amides is 2. The second-order valence-corrected chi connectivity index (χ2v) is 6.87. The molecular formula is C15H21N7O3S. The van der Waals surface area contributed by atoms with Crippen LogP contribution in [0.15, 0.2) is 12.4 Å². The van der Waals surface area contributed by atoms with Gasteiger partial charge < -0.3 is 10.1 Å². The summed E-state index contributed by atoms with van der Waals surface area (Å²) in [7, 11) is 0. The summed E-state index contributed by atoms with van der Waals surface area (Å²) in [5.74, 6) is -0.585. The van der Waals surface area contributed by atoms with E-state index in [1.165, 1.54) is 16.2 Å². The first-order valence-corrected chi connectivity index (χ1v) is 9.31. The lowest BCUT2D eigenvalue weighted by Crippen LogP contribution is -2.33. The molecular weight excluding hydrogens is 358 g/mol. The van der Waals surface area contributed by atoms with Gasteiger partial charge in [-0.1, -0.05) is 16.6 Å². The molecule has 140 valence electrons. The van der Waals surface area contributed by atoms with Gasteiger partial charge >= 0.3 is 0 Å². The maximum absolute atomic E-state index is 12.3. The molecule has 2 aromatic heterocycles. The molecule has 0 aromatic carbocycles. The maximum atomic E-state index is 12.3. The van der Waals surface area contributed by atoms with Gasteiger partial charge in [0.2, 0.25) is 16.9 Å². The first-order valence-electron chi connectivity index (χ1n) is 8.49. The average molecular weight is 379 g/mol. The number of carbonyl (C=O) groups excluding carboxylic acids is 2. The molecule has 1 aliphatic heterocycles. The predicted octanol–water partition coefficient (Wildman–Crippen LogP) is 0.226. The Morgan fingerprint density at radius 1 is 1.46 bits per heavy atom. The Labute approximate surface area is 154 Å². The molecule has 10 nitrogen and oxygen atoms in total. The third-order valence-corrected chi connectivity index (χ3v) is 4.87. The highest BCUT2D eigenvalue weighted by molar-refractivity contribution is 7.15. The van der Waals surface area contributed by atoms with Crippen LogP contribution in [0, 0.1) is 5.92 Å². The summed E-state index contributed by atoms with van der Waals surface area (Å²) in [5.41, 5.74) is 0. The van der Waals surface area contributed by atoms with Crippen LogP contribution < -0.4 is 10.2 Å². The molecule has 3 heterocycles. The summed E-state index contributed by atoms with van der Waals surface area (Å²) in [6.45, 7) is 4.42. The predicted molar refractivity (Wildman–Crippen MR) is 93.3 cm³/mol. The summed E-state index contributed by atoms with van der Waals surface area (Å²) in [6.07, 6.45) is 4.33. The zero-order chi connectivity index (χ0) is 18.4. The molecule has 1 aliphatic rings. The van der Waals surface area contributed by atoms with Gasteiger partial charge in [-0.2, -0.15) is 0 Å². The van der Waals surface area contributed by atoms with E-state index in [9.17, 15) is 9.59 Å². The Morgan fingerprint density at radius 2 is 2.35 bits per heavy atom. The quantitative estimate of drug-likeness (QED) is 0.620. The van der Waals surface area contributed by atoms with Crippen LogP contribution in [0.1, 0.15) is 24.8 Å². The van der Waals surface area contributed by atoms with Crippen LogP contribution in [-0.2, 0) is 27.5 Å². The van der Waals surface area contributed by atoms with Gasteiger partial charge in [-0.25, -0.2) is 0 Å². The minimum Gasteiger partial charge on any atom is -0.374 e. The van der Waals surface area contributed by atoms with Crippen LogP contribution in [0.3, 0.4) is 0 Å². The number of ether oxygens (including phenoxy) is 1. The number of aromatic nitrogens is 5. The summed E-state index contributed by atoms with van der Waals surface area (Å²) in [6, 6.07) is 0. The molecule has 1 fully saturated rings. The van der Waals surface area contributed by atoms with Crippen molar-refractivity contribution >= 4 is 28.3 Å². The minimum absolute atomic E-state index is 0.105. The van der Waals surface area contributed by atoms with Crippen LogP contribution in [-0.4, -0.2) is 56.7 Å². The van der Waals surface area contributed by atoms with E-state index in [0.717, 1.165) is 11.4 Å². The van der Waals surface area contributed by atoms with E-state index in [1.54, 1.807) is 17.1 Å². The van der Waals surface area contributed by atoms with E-state index in [1.807, 2.05) is 6.92 Å². The fourth-order valence-corrected chi connectivity index (χ4v) is 3.42. The summed E-state index contributed by atoms with van der Waals surface area (Å²) in [5, 5.41) is 19.8. The average Bonchev–Trinajstić information content (AvgIpc) is 3.37. The highest BCUT2D eigenvalue weighted by Gasteiger charge is 2.36. The number of nitrogens with one attached hydrogen (secondary N) is 1. The number of rotatable bonds is 9. The first-order chi connectivity index (χ1) is 12.7. The van der Waals surface area contributed by atoms with Crippen molar-refractivity contribution in [2.75, 3.05) is 24.6 Å². The smallest absolute Gasteiger partial charge is 0.229 e. The second kappa shape index (κ2) is 8.81. The molecule has 2 amide bonds. The number of aryl methyl sites for hydroxylation is 1. The van der Waals surface area contributed by atoms with Gasteiger partial charge in [0.25, 0.3) is 0 Å². The zero-order valence-electron chi connectivity index (χ0n) is 14.5. The highest BCUT2D eigenvalue weighted by atomic mass is 32.1. The first kappa shape index (κ1) is 18.4. The lowest BCUT2D eigenvalue weighted by atomic mass is 10.1. The Hall–Kier alpha value is -2.40. The Bertz CT molecular complexity index is 733. The molecule has 1 atom stereocenters. The van der Waals surface area contributed by atoms with Gasteiger partial charge in [0.05, 0.1) is 12.1 Å². The fourth-order valence-electron chi connectivity index (χ4n) is 2.62. The van der Waals surface area contributed by atoms with Gasteiger partial charge in [-0.05, 0) is 13.3 Å². The summed E-state index contributed by atoms with van der Waals surface area (Å²) >= 11 is 1.32. The molecule has 1 saturated heterocycles. The van der Waals surface area contributed by atoms with Crippen molar-refractivity contribution in [1.29, 1.82) is 0 Å². The van der Waals surface area contributed by atoms with E-state index in [2.05, 4.69) is 25.8 Å². The third kappa shape index (κ3) is 4.61. The summed E-state index contributed by atoms with van der Waals surface area (Å²) in [4.78, 5) is 26.1. The molecule has 1 N–H and O–H groups in total. The minimum atomic E-state index is -0.367. The largest absolute Gasteiger partial charge is 0.374 e. The Balaban J connectivity index is 1.45. The van der Waals surface area contributed by atoms with E-state index in [-0.39, 0.29) is 24.2 Å². The summed E-state index contributed by atoms with van der Waals surface area (Å²) < 4.78 is 7.00. The SMILES string of the molecule is CCOCc1nnc(N2CC(C(=O)NCCCn3ccnn3)CC2=O)s1. The van der Waals surface area contributed by atoms with Crippen LogP contribution >= 0.6 is 11.3 Å². The Kier molecular flexibility index (Phi) is 6.23. The molecule has 3 rings (SSSR count). The van der Waals surface area contributed by atoms with E-state index < -0.39 is 0 Å². The molecule has 2 aromatic rings. The number of hydrogen-bond acceptors (Lipinski definition) is 8. The number of anilines is 1. The standard InChI is InChI=1S/C15H21N7O3S/c1-2-25-10-12-18-19-15(26-12)22-9-11(8-13(22)23)14(24)16-4-3-6-21-7-5-17-20-21/h5,7,11H,2-4,6,8-10H2,1H3,(H,16,24). The van der Waals surface area contributed by atoms with Crippen LogP contribution in [0.5, 0.6) is 0 Å². The number of nitrogens with zero attached hydrogens (tertiary/aromatic N) is 6. The van der Waals surface area contributed by atoms with Crippen LogP contribution in [0.25, 0.3) is 0 Å². The molecule has 0 aliphatic carbocycles. The molecule has 0 saturated carbocycles. The van der Waals surface area contributed by atoms with Crippen molar-refractivity contribution in [3.63, 3.8) is 0 Å². The van der Waals surface area contributed by atoms with E-state index in [4.69, 9.17) is 4.74 Å². The molecule has 1 unspecified atom stereocenters. The van der Waals surface area contributed by atoms with Gasteiger partial charge in [0.1, 0.15) is 11.6 Å². The number of carbonyl (C=O) groups is 2. The normalized spacial score (nSPS) is 17.0. The van der Waals surface area contributed by atoms with Crippen molar-refractivity contribution in [2.45, 2.75) is 32.9 Å². The van der Waals surface area contributed by atoms with Crippen molar-refractivity contribution < 1.29 is 14.3 Å². The van der Waals surface area contributed by atoms with E-state index >= 15 is 0 Å². The van der Waals surface area contributed by atoms with Gasteiger partial charge in [0.15, 0.2) is 0 Å². The van der Waals surface area contributed by atoms with Gasteiger partial charge in [-0.15, -0.1) is 15.3 Å². The third-order valence-electron chi connectivity index (χ3n) is 3.95. The topological polar surface area (TPSA) is 115 Å². The molecule has 0 spiro atoms. The van der Waals surface area contributed by atoms with Crippen LogP contribution in [0.4, 0.5) is 5.13 Å². The van der Waals surface area contributed by atoms with Crippen molar-refractivity contribution in [3.05, 3.63) is 17.4 Å². The van der Waals surface area contributed by atoms with Crippen molar-refractivity contribution in [3.8, 4) is 0 Å². The lowest BCUT2D eigenvalue weighted by molar-refractivity contribution is -0.126. The van der Waals surface area contributed by atoms with Crippen LogP contribution in [0.2, 0.25) is 0 Å². The lowest BCUT2D eigenvalue weighted by Gasteiger charge is -2.12. The molecule has 11 heteroatoms. The van der Waals surface area contributed by atoms with Crippen molar-refractivity contribution in [2.24, 2.45) is 5.92 Å². The fraction of sp³-hybridized carbons (Fsp3) is 0.600. The highest BCUT2D eigenvalue weighted by Crippen LogP contribution is 2.28. The maximum Gasteiger partial charge on any atom is 0.229 e. The zero-order valence-corrected chi connectivity index (χ0v) is 15.3. The van der Waals surface area contributed by atoms with Gasteiger partial charge in [-0.3, -0.25) is 19.2 Å². The van der Waals surface area contributed by atoms with E-state index in [0.29, 0.717) is 38.0 Å². The van der Waals surface area contributed by atoms with Crippen molar-refractivity contribution in [1.82, 2.24) is 30.5 Å². The number of hydrogen-bond donors (Lipinski definition) is 1. The molecule has 26 heavy (non-hydrogen) atoms. The molecule has 0 radical (unpaired) electrons. The molecule has 0 bridgehead atoms.